The summed E-state index contributed by atoms with van der Waals surface area (Å²) in [6.07, 6.45) is 0. The molecule has 0 fully saturated rings. The molecule has 0 bridgehead atoms. The molecular formula is C51H32N2S. The fraction of sp³-hybridized carbons (Fsp3) is 0.0196. The van der Waals surface area contributed by atoms with E-state index in [1.807, 2.05) is 30.0 Å². The van der Waals surface area contributed by atoms with Gasteiger partial charge in [0.1, 0.15) is 0 Å². The van der Waals surface area contributed by atoms with E-state index in [2.05, 4.69) is 176 Å². The highest BCUT2D eigenvalue weighted by Gasteiger charge is 2.50. The molecule has 2 aliphatic rings. The molecule has 0 atom stereocenters. The van der Waals surface area contributed by atoms with Crippen LogP contribution in [0.5, 0.6) is 0 Å². The topological polar surface area (TPSA) is 25.8 Å². The first-order valence-electron chi connectivity index (χ1n) is 18.4. The predicted molar refractivity (Wildman–Crippen MR) is 223 cm³/mol. The number of nitrogens with zero attached hydrogens (tertiary/aromatic N) is 2. The maximum atomic E-state index is 5.15. The zero-order valence-corrected chi connectivity index (χ0v) is 30.1. The summed E-state index contributed by atoms with van der Waals surface area (Å²) in [6, 6.07) is 70.2. The van der Waals surface area contributed by atoms with Crippen molar-refractivity contribution < 1.29 is 0 Å². The van der Waals surface area contributed by atoms with Gasteiger partial charge in [-0.3, -0.25) is 0 Å². The van der Waals surface area contributed by atoms with E-state index in [0.717, 1.165) is 33.9 Å². The van der Waals surface area contributed by atoms with Crippen LogP contribution in [0.15, 0.2) is 204 Å². The minimum Gasteiger partial charge on any atom is -0.228 e. The fourth-order valence-corrected chi connectivity index (χ4v) is 10.1. The second-order valence-electron chi connectivity index (χ2n) is 14.1. The van der Waals surface area contributed by atoms with Crippen molar-refractivity contribution in [3.05, 3.63) is 216 Å². The molecule has 8 aromatic carbocycles. The monoisotopic (exact) mass is 704 g/mol. The highest BCUT2D eigenvalue weighted by atomic mass is 32.2. The highest BCUT2D eigenvalue weighted by molar-refractivity contribution is 7.99. The van der Waals surface area contributed by atoms with Gasteiger partial charge in [0.2, 0.25) is 0 Å². The Morgan fingerprint density at radius 3 is 1.72 bits per heavy atom. The van der Waals surface area contributed by atoms with E-state index in [1.54, 1.807) is 0 Å². The third kappa shape index (κ3) is 4.62. The van der Waals surface area contributed by atoms with E-state index in [0.29, 0.717) is 0 Å². The summed E-state index contributed by atoms with van der Waals surface area (Å²) >= 11 is 1.89. The molecule has 1 aliphatic heterocycles. The van der Waals surface area contributed by atoms with Crippen molar-refractivity contribution in [1.82, 2.24) is 9.97 Å². The Bertz CT molecular complexity index is 2860. The summed E-state index contributed by atoms with van der Waals surface area (Å²) in [7, 11) is 0. The molecule has 0 saturated carbocycles. The van der Waals surface area contributed by atoms with Gasteiger partial charge in [-0.05, 0) is 67.4 Å². The molecule has 11 rings (SSSR count). The van der Waals surface area contributed by atoms with Gasteiger partial charge >= 0.3 is 0 Å². The highest BCUT2D eigenvalue weighted by Crippen LogP contribution is 2.63. The number of benzene rings is 8. The molecule has 252 valence electrons. The minimum absolute atomic E-state index is 0.396. The number of hydrogen-bond donors (Lipinski definition) is 0. The molecule has 9 aromatic rings. The molecule has 0 amide bonds. The van der Waals surface area contributed by atoms with E-state index in [1.165, 1.54) is 65.1 Å². The zero-order valence-electron chi connectivity index (χ0n) is 29.3. The summed E-state index contributed by atoms with van der Waals surface area (Å²) in [5.74, 6) is 0.717. The van der Waals surface area contributed by atoms with Crippen LogP contribution >= 0.6 is 11.8 Å². The standard InChI is InChI=1S/C51H32N2S/c1-2-15-36(16-3-1)50-52-46(32-47(53-50)41-22-12-17-33-14-4-5-18-37(33)41)35-30-28-34(29-31-35)38-21-13-26-45-49(38)54-48-27-11-10-25-44(48)51(45)42-23-8-6-19-39(42)40-20-7-9-24-43(40)51/h1-32H. The molecule has 54 heavy (non-hydrogen) atoms. The van der Waals surface area contributed by atoms with Gasteiger partial charge in [0.05, 0.1) is 16.8 Å². The van der Waals surface area contributed by atoms with Gasteiger partial charge in [0.15, 0.2) is 5.82 Å². The summed E-state index contributed by atoms with van der Waals surface area (Å²) in [5, 5.41) is 2.37. The summed E-state index contributed by atoms with van der Waals surface area (Å²) in [5.41, 5.74) is 15.0. The van der Waals surface area contributed by atoms with E-state index in [-0.39, 0.29) is 0 Å². The largest absolute Gasteiger partial charge is 0.228 e. The fourth-order valence-electron chi connectivity index (χ4n) is 8.82. The van der Waals surface area contributed by atoms with Crippen molar-refractivity contribution in [2.75, 3.05) is 0 Å². The lowest BCUT2D eigenvalue weighted by atomic mass is 9.67. The lowest BCUT2D eigenvalue weighted by Crippen LogP contribution is -2.32. The molecule has 0 unspecified atom stereocenters. The number of hydrogen-bond acceptors (Lipinski definition) is 3. The van der Waals surface area contributed by atoms with E-state index < -0.39 is 5.41 Å². The van der Waals surface area contributed by atoms with Crippen LogP contribution in [-0.4, -0.2) is 9.97 Å². The van der Waals surface area contributed by atoms with Gasteiger partial charge in [-0.2, -0.15) is 0 Å². The number of rotatable bonds is 4. The molecule has 0 saturated heterocycles. The first-order valence-corrected chi connectivity index (χ1v) is 19.2. The first kappa shape index (κ1) is 31.0. The van der Waals surface area contributed by atoms with Gasteiger partial charge in [-0.15, -0.1) is 0 Å². The van der Waals surface area contributed by atoms with Crippen LogP contribution in [0.25, 0.3) is 66.9 Å². The Morgan fingerprint density at radius 1 is 0.370 bits per heavy atom. The van der Waals surface area contributed by atoms with Gasteiger partial charge in [0.25, 0.3) is 0 Å². The Morgan fingerprint density at radius 2 is 0.926 bits per heavy atom. The Hall–Kier alpha value is -6.55. The van der Waals surface area contributed by atoms with Crippen LogP contribution < -0.4 is 0 Å². The maximum absolute atomic E-state index is 5.15. The molecule has 1 aliphatic carbocycles. The van der Waals surface area contributed by atoms with Crippen molar-refractivity contribution in [3.63, 3.8) is 0 Å². The lowest BCUT2D eigenvalue weighted by molar-refractivity contribution is 0.723. The summed E-state index contributed by atoms with van der Waals surface area (Å²) < 4.78 is 0. The second kappa shape index (κ2) is 12.3. The second-order valence-corrected chi connectivity index (χ2v) is 15.1. The average molecular weight is 705 g/mol. The van der Waals surface area contributed by atoms with Crippen molar-refractivity contribution in [2.45, 2.75) is 15.2 Å². The SMILES string of the molecule is c1ccc(-c2nc(-c3ccc(-c4cccc5c4Sc4ccccc4C54c5ccccc5-c5ccccc54)cc3)cc(-c3cccc4ccccc34)n2)cc1. The van der Waals surface area contributed by atoms with Gasteiger partial charge in [0, 0.05) is 26.5 Å². The number of fused-ring (bicyclic) bond motifs is 10. The normalized spacial score (nSPS) is 13.3. The van der Waals surface area contributed by atoms with E-state index in [4.69, 9.17) is 9.97 Å². The van der Waals surface area contributed by atoms with Gasteiger partial charge < -0.3 is 0 Å². The molecule has 2 nitrogen and oxygen atoms in total. The molecule has 3 heteroatoms. The zero-order chi connectivity index (χ0) is 35.6. The van der Waals surface area contributed by atoms with Crippen molar-refractivity contribution in [1.29, 1.82) is 0 Å². The van der Waals surface area contributed by atoms with E-state index >= 15 is 0 Å². The van der Waals surface area contributed by atoms with Crippen molar-refractivity contribution in [3.8, 4) is 56.2 Å². The maximum Gasteiger partial charge on any atom is 0.160 e. The Kier molecular flexibility index (Phi) is 7.05. The third-order valence-electron chi connectivity index (χ3n) is 11.2. The smallest absolute Gasteiger partial charge is 0.160 e. The minimum atomic E-state index is -0.396. The average Bonchev–Trinajstić information content (AvgIpc) is 3.54. The predicted octanol–water partition coefficient (Wildman–Crippen LogP) is 13.1. The molecule has 1 spiro atoms. The van der Waals surface area contributed by atoms with Crippen LogP contribution in [-0.2, 0) is 5.41 Å². The van der Waals surface area contributed by atoms with Gasteiger partial charge in [-0.1, -0.05) is 194 Å². The van der Waals surface area contributed by atoms with Crippen LogP contribution in [0, 0.1) is 0 Å². The van der Waals surface area contributed by atoms with E-state index in [9.17, 15) is 0 Å². The first-order chi connectivity index (χ1) is 26.8. The molecule has 1 aromatic heterocycles. The molecule has 0 radical (unpaired) electrons. The van der Waals surface area contributed by atoms with Crippen molar-refractivity contribution >= 4 is 22.5 Å². The summed E-state index contributed by atoms with van der Waals surface area (Å²) in [4.78, 5) is 12.9. The Balaban J connectivity index is 1.07. The lowest BCUT2D eigenvalue weighted by Gasteiger charge is -2.40. The molecule has 2 heterocycles. The molecule has 0 N–H and O–H groups in total. The summed E-state index contributed by atoms with van der Waals surface area (Å²) in [6.45, 7) is 0. The van der Waals surface area contributed by atoms with Crippen molar-refractivity contribution in [2.24, 2.45) is 0 Å². The number of aromatic nitrogens is 2. The van der Waals surface area contributed by atoms with Crippen LogP contribution in [0.1, 0.15) is 22.3 Å². The van der Waals surface area contributed by atoms with Gasteiger partial charge in [-0.25, -0.2) is 9.97 Å². The molecular weight excluding hydrogens is 673 g/mol. The van der Waals surface area contributed by atoms with Crippen LogP contribution in [0.3, 0.4) is 0 Å². The third-order valence-corrected chi connectivity index (χ3v) is 12.4. The Labute approximate surface area is 318 Å². The van der Waals surface area contributed by atoms with Crippen LogP contribution in [0.2, 0.25) is 0 Å². The quantitative estimate of drug-likeness (QED) is 0.182. The van der Waals surface area contributed by atoms with Crippen LogP contribution in [0.4, 0.5) is 0 Å².